The molecule has 0 bridgehead atoms. The predicted molar refractivity (Wildman–Crippen MR) is 78.7 cm³/mol. The van der Waals surface area contributed by atoms with Crippen LogP contribution < -0.4 is 0 Å². The van der Waals surface area contributed by atoms with E-state index in [-0.39, 0.29) is 0 Å². The minimum absolute atomic E-state index is 0.399. The molecule has 0 saturated heterocycles. The van der Waals surface area contributed by atoms with Crippen molar-refractivity contribution in [3.8, 4) is 0 Å². The second-order valence-electron chi connectivity index (χ2n) is 4.87. The van der Waals surface area contributed by atoms with Gasteiger partial charge in [-0.3, -0.25) is 9.79 Å². The van der Waals surface area contributed by atoms with Crippen LogP contribution in [0.1, 0.15) is 78.1 Å². The van der Waals surface area contributed by atoms with Crippen LogP contribution >= 0.6 is 7.82 Å². The van der Waals surface area contributed by atoms with E-state index in [1.165, 1.54) is 44.9 Å². The number of unbranched alkanes of at least 4 members (excludes halogenated alkanes) is 8. The Kier molecular flexibility index (Phi) is 11.3. The van der Waals surface area contributed by atoms with Crippen LogP contribution in [0, 0.1) is 0 Å². The van der Waals surface area contributed by atoms with E-state index in [4.69, 9.17) is 9.79 Å². The van der Waals surface area contributed by atoms with Gasteiger partial charge in [0.15, 0.2) is 0 Å². The molecule has 0 saturated carbocycles. The normalized spacial score (nSPS) is 12.7. The van der Waals surface area contributed by atoms with E-state index in [1.54, 1.807) is 6.08 Å². The van der Waals surface area contributed by atoms with Gasteiger partial charge in [0, 0.05) is 6.42 Å². The number of hydrogen-bond acceptors (Lipinski definition) is 2. The van der Waals surface area contributed by atoms with Gasteiger partial charge in [-0.1, -0.05) is 58.8 Å². The third-order valence-electron chi connectivity index (χ3n) is 3.01. The van der Waals surface area contributed by atoms with Crippen LogP contribution in [0.5, 0.6) is 0 Å². The van der Waals surface area contributed by atoms with Crippen LogP contribution in [0.25, 0.3) is 0 Å². The molecule has 0 fully saturated rings. The van der Waals surface area contributed by atoms with Crippen molar-refractivity contribution < 1.29 is 18.9 Å². The quantitative estimate of drug-likeness (QED) is 0.304. The summed E-state index contributed by atoms with van der Waals surface area (Å²) in [4.78, 5) is 17.4. The monoisotopic (exact) mass is 292 g/mol. The fraction of sp³-hybridized carbons (Fsp3) is 0.857. The Morgan fingerprint density at radius 2 is 1.53 bits per heavy atom. The smallest absolute Gasteiger partial charge is 0.409 e. The molecule has 114 valence electrons. The van der Waals surface area contributed by atoms with Crippen LogP contribution in [0.2, 0.25) is 0 Å². The van der Waals surface area contributed by atoms with E-state index < -0.39 is 7.82 Å². The molecule has 0 rings (SSSR count). The summed E-state index contributed by atoms with van der Waals surface area (Å²) in [5.74, 6) is 0.399. The van der Waals surface area contributed by atoms with Gasteiger partial charge >= 0.3 is 7.82 Å². The Morgan fingerprint density at radius 1 is 1.00 bits per heavy atom. The van der Waals surface area contributed by atoms with Crippen molar-refractivity contribution in [2.75, 3.05) is 0 Å². The zero-order valence-corrected chi connectivity index (χ0v) is 13.2. The molecule has 0 aromatic carbocycles. The van der Waals surface area contributed by atoms with Crippen molar-refractivity contribution in [3.05, 3.63) is 11.8 Å². The average Bonchev–Trinajstić information content (AvgIpc) is 2.34. The summed E-state index contributed by atoms with van der Waals surface area (Å²) in [6.45, 7) is 4.05. The Labute approximate surface area is 117 Å². The lowest BCUT2D eigenvalue weighted by atomic mass is 10.1. The van der Waals surface area contributed by atoms with Crippen LogP contribution in [0.3, 0.4) is 0 Å². The molecule has 0 spiro atoms. The van der Waals surface area contributed by atoms with Crippen molar-refractivity contribution in [2.24, 2.45) is 0 Å². The second kappa shape index (κ2) is 11.5. The molecular formula is C14H29O4P. The van der Waals surface area contributed by atoms with Crippen LogP contribution in [-0.2, 0) is 9.09 Å². The minimum atomic E-state index is -4.38. The fourth-order valence-corrected chi connectivity index (χ4v) is 2.45. The predicted octanol–water partition coefficient (Wildman–Crippen LogP) is 4.92. The molecule has 0 aromatic rings. The van der Waals surface area contributed by atoms with Crippen molar-refractivity contribution in [1.29, 1.82) is 0 Å². The zero-order valence-electron chi connectivity index (χ0n) is 12.3. The first kappa shape index (κ1) is 18.7. The lowest BCUT2D eigenvalue weighted by molar-refractivity contribution is 0.237. The third kappa shape index (κ3) is 13.9. The fourth-order valence-electron chi connectivity index (χ4n) is 1.94. The molecule has 0 atom stereocenters. The summed E-state index contributed by atoms with van der Waals surface area (Å²) < 4.78 is 15.3. The second-order valence-corrected chi connectivity index (χ2v) is 6.03. The molecule has 0 amide bonds. The number of rotatable bonds is 12. The molecular weight excluding hydrogens is 263 g/mol. The van der Waals surface area contributed by atoms with Gasteiger partial charge < -0.3 is 4.52 Å². The number of hydrogen-bond donors (Lipinski definition) is 2. The standard InChI is InChI=1S/C14H29O4P/c1-3-5-6-7-8-9-10-11-12-13-14(4-2)18-19(15,16)17/h13H,3-12H2,1-2H3,(H2,15,16,17). The molecule has 0 aliphatic carbocycles. The van der Waals surface area contributed by atoms with Gasteiger partial charge in [0.05, 0.1) is 0 Å². The van der Waals surface area contributed by atoms with Crippen molar-refractivity contribution >= 4 is 7.82 Å². The zero-order chi connectivity index (χ0) is 14.6. The van der Waals surface area contributed by atoms with Gasteiger partial charge in [0.25, 0.3) is 0 Å². The van der Waals surface area contributed by atoms with Gasteiger partial charge in [-0.25, -0.2) is 4.57 Å². The molecule has 0 unspecified atom stereocenters. The first-order valence-corrected chi connectivity index (χ1v) is 8.96. The summed E-state index contributed by atoms with van der Waals surface area (Å²) in [5.41, 5.74) is 0. The Morgan fingerprint density at radius 3 is 2.00 bits per heavy atom. The summed E-state index contributed by atoms with van der Waals surface area (Å²) >= 11 is 0. The topological polar surface area (TPSA) is 66.8 Å². The molecule has 0 aromatic heterocycles. The Balaban J connectivity index is 3.57. The van der Waals surface area contributed by atoms with Crippen molar-refractivity contribution in [2.45, 2.75) is 78.1 Å². The molecule has 0 radical (unpaired) electrons. The highest BCUT2D eigenvalue weighted by molar-refractivity contribution is 7.46. The van der Waals surface area contributed by atoms with E-state index in [0.29, 0.717) is 12.2 Å². The van der Waals surface area contributed by atoms with Crippen molar-refractivity contribution in [3.63, 3.8) is 0 Å². The molecule has 0 aliphatic rings. The van der Waals surface area contributed by atoms with Gasteiger partial charge in [-0.15, -0.1) is 0 Å². The molecule has 0 heterocycles. The summed E-state index contributed by atoms with van der Waals surface area (Å²) in [5, 5.41) is 0. The molecule has 19 heavy (non-hydrogen) atoms. The molecule has 2 N–H and O–H groups in total. The first-order valence-electron chi connectivity index (χ1n) is 7.43. The Bertz CT molecular complexity index is 283. The Hall–Kier alpha value is -0.310. The highest BCUT2D eigenvalue weighted by Crippen LogP contribution is 2.39. The van der Waals surface area contributed by atoms with Crippen LogP contribution in [0.4, 0.5) is 0 Å². The maximum absolute atomic E-state index is 10.7. The van der Waals surface area contributed by atoms with E-state index in [0.717, 1.165) is 12.8 Å². The largest absolute Gasteiger partial charge is 0.524 e. The maximum Gasteiger partial charge on any atom is 0.524 e. The molecule has 5 heteroatoms. The average molecular weight is 292 g/mol. The number of phosphoric acid groups is 1. The van der Waals surface area contributed by atoms with E-state index in [1.807, 2.05) is 6.92 Å². The van der Waals surface area contributed by atoms with Crippen LogP contribution in [-0.4, -0.2) is 9.79 Å². The maximum atomic E-state index is 10.7. The van der Waals surface area contributed by atoms with E-state index >= 15 is 0 Å². The van der Waals surface area contributed by atoms with Crippen molar-refractivity contribution in [1.82, 2.24) is 0 Å². The lowest BCUT2D eigenvalue weighted by Gasteiger charge is -2.09. The molecule has 0 aliphatic heterocycles. The SMILES string of the molecule is CCCCCCCCCCC=C(CC)OP(=O)(O)O. The molecule has 4 nitrogen and oxygen atoms in total. The lowest BCUT2D eigenvalue weighted by Crippen LogP contribution is -1.89. The van der Waals surface area contributed by atoms with Gasteiger partial charge in [0.2, 0.25) is 0 Å². The minimum Gasteiger partial charge on any atom is -0.409 e. The highest BCUT2D eigenvalue weighted by atomic mass is 31.2. The number of phosphoric ester groups is 1. The van der Waals surface area contributed by atoms with Gasteiger partial charge in [-0.05, 0) is 18.9 Å². The summed E-state index contributed by atoms with van der Waals surface area (Å²) in [6, 6.07) is 0. The summed E-state index contributed by atoms with van der Waals surface area (Å²) in [6.07, 6.45) is 13.2. The highest BCUT2D eigenvalue weighted by Gasteiger charge is 2.16. The van der Waals surface area contributed by atoms with E-state index in [2.05, 4.69) is 11.4 Å². The van der Waals surface area contributed by atoms with Gasteiger partial charge in [-0.2, -0.15) is 0 Å². The third-order valence-corrected chi connectivity index (χ3v) is 3.49. The van der Waals surface area contributed by atoms with E-state index in [9.17, 15) is 4.57 Å². The van der Waals surface area contributed by atoms with Gasteiger partial charge in [0.1, 0.15) is 5.76 Å². The number of allylic oxidation sites excluding steroid dienone is 2. The summed E-state index contributed by atoms with van der Waals surface area (Å²) in [7, 11) is -4.38. The first-order chi connectivity index (χ1) is 8.99. The van der Waals surface area contributed by atoms with Crippen LogP contribution in [0.15, 0.2) is 11.8 Å².